The Hall–Kier alpha value is -2.18. The number of halogens is 3. The minimum atomic E-state index is -0.878. The molecule has 0 saturated carbocycles. The van der Waals surface area contributed by atoms with Crippen LogP contribution in [0.25, 0.3) is 11.1 Å². The molecule has 0 spiro atoms. The molecule has 2 aromatic carbocycles. The van der Waals surface area contributed by atoms with Gasteiger partial charge in [-0.15, -0.1) is 0 Å². The van der Waals surface area contributed by atoms with Crippen LogP contribution in [0.2, 0.25) is 5.02 Å². The molecule has 25 heavy (non-hydrogen) atoms. The third-order valence-corrected chi connectivity index (χ3v) is 4.21. The van der Waals surface area contributed by atoms with Gasteiger partial charge >= 0.3 is 6.09 Å². The van der Waals surface area contributed by atoms with Crippen LogP contribution in [0.1, 0.15) is 12.8 Å². The lowest BCUT2D eigenvalue weighted by molar-refractivity contribution is 0.0908. The molecule has 132 valence electrons. The highest BCUT2D eigenvalue weighted by Gasteiger charge is 2.20. The second-order valence-corrected chi connectivity index (χ2v) is 6.24. The van der Waals surface area contributed by atoms with Crippen LogP contribution in [0.15, 0.2) is 36.4 Å². The summed E-state index contributed by atoms with van der Waals surface area (Å²) in [6.45, 7) is 1.52. The molecule has 0 aromatic heterocycles. The summed E-state index contributed by atoms with van der Waals surface area (Å²) in [7, 11) is 0. The van der Waals surface area contributed by atoms with Gasteiger partial charge in [0, 0.05) is 16.7 Å². The Labute approximate surface area is 149 Å². The molecule has 0 atom stereocenters. The second kappa shape index (κ2) is 7.80. The molecule has 1 aliphatic heterocycles. The number of anilines is 1. The molecule has 2 N–H and O–H groups in total. The Balaban J connectivity index is 1.86. The van der Waals surface area contributed by atoms with Crippen LogP contribution in [-0.2, 0) is 4.74 Å². The summed E-state index contributed by atoms with van der Waals surface area (Å²) in [5.74, 6) is -1.62. The van der Waals surface area contributed by atoms with E-state index in [1.54, 1.807) is 24.3 Å². The molecule has 1 saturated heterocycles. The number of hydrogen-bond acceptors (Lipinski definition) is 3. The topological polar surface area (TPSA) is 50.4 Å². The Morgan fingerprint density at radius 3 is 2.68 bits per heavy atom. The van der Waals surface area contributed by atoms with Crippen LogP contribution in [0, 0.1) is 11.6 Å². The highest BCUT2D eigenvalue weighted by molar-refractivity contribution is 6.30. The van der Waals surface area contributed by atoms with Crippen LogP contribution in [0.3, 0.4) is 0 Å². The summed E-state index contributed by atoms with van der Waals surface area (Å²) in [5.41, 5.74) is 0.549. The highest BCUT2D eigenvalue weighted by Crippen LogP contribution is 2.33. The van der Waals surface area contributed by atoms with Gasteiger partial charge in [-0.25, -0.2) is 13.6 Å². The molecule has 1 fully saturated rings. The molecule has 7 heteroatoms. The van der Waals surface area contributed by atoms with E-state index in [0.29, 0.717) is 29.5 Å². The molecule has 1 heterocycles. The van der Waals surface area contributed by atoms with Crippen molar-refractivity contribution in [2.75, 3.05) is 18.4 Å². The maximum Gasteiger partial charge on any atom is 0.412 e. The number of piperidine rings is 1. The summed E-state index contributed by atoms with van der Waals surface area (Å²) >= 11 is 5.96. The third-order valence-electron chi connectivity index (χ3n) is 3.98. The predicted molar refractivity (Wildman–Crippen MR) is 92.8 cm³/mol. The first-order valence-corrected chi connectivity index (χ1v) is 8.34. The zero-order valence-corrected chi connectivity index (χ0v) is 14.1. The van der Waals surface area contributed by atoms with E-state index in [1.165, 1.54) is 0 Å². The van der Waals surface area contributed by atoms with Crippen molar-refractivity contribution in [1.82, 2.24) is 5.32 Å². The first-order chi connectivity index (χ1) is 12.0. The van der Waals surface area contributed by atoms with E-state index in [9.17, 15) is 13.6 Å². The van der Waals surface area contributed by atoms with E-state index in [1.807, 2.05) is 0 Å². The number of ether oxygens (including phenoxy) is 1. The van der Waals surface area contributed by atoms with Gasteiger partial charge < -0.3 is 10.1 Å². The van der Waals surface area contributed by atoms with Gasteiger partial charge in [0.2, 0.25) is 0 Å². The van der Waals surface area contributed by atoms with E-state index in [-0.39, 0.29) is 17.4 Å². The van der Waals surface area contributed by atoms with Gasteiger partial charge in [-0.2, -0.15) is 0 Å². The van der Waals surface area contributed by atoms with Gasteiger partial charge in [0.15, 0.2) is 0 Å². The van der Waals surface area contributed by atoms with Crippen molar-refractivity contribution >= 4 is 23.4 Å². The zero-order valence-electron chi connectivity index (χ0n) is 13.3. The van der Waals surface area contributed by atoms with E-state index >= 15 is 0 Å². The van der Waals surface area contributed by atoms with Crippen molar-refractivity contribution in [1.29, 1.82) is 0 Å². The minimum Gasteiger partial charge on any atom is -0.446 e. The quantitative estimate of drug-likeness (QED) is 0.835. The number of benzene rings is 2. The molecule has 1 amide bonds. The Morgan fingerprint density at radius 1 is 1.20 bits per heavy atom. The number of nitrogens with one attached hydrogen (secondary N) is 2. The van der Waals surface area contributed by atoms with Crippen molar-refractivity contribution < 1.29 is 18.3 Å². The fourth-order valence-electron chi connectivity index (χ4n) is 2.78. The molecular formula is C18H17ClF2N2O2. The number of rotatable bonds is 3. The van der Waals surface area contributed by atoms with Crippen molar-refractivity contribution in [2.45, 2.75) is 18.9 Å². The number of carbonyl (C=O) groups is 1. The van der Waals surface area contributed by atoms with Crippen LogP contribution in [0.4, 0.5) is 19.3 Å². The SMILES string of the molecule is O=C(Nc1c(F)cc(F)cc1-c1cccc(Cl)c1)OC1CCNCC1. The molecule has 1 aliphatic rings. The van der Waals surface area contributed by atoms with Crippen molar-refractivity contribution in [2.24, 2.45) is 0 Å². The van der Waals surface area contributed by atoms with Gasteiger partial charge in [0.1, 0.15) is 17.7 Å². The van der Waals surface area contributed by atoms with Crippen LogP contribution >= 0.6 is 11.6 Å². The lowest BCUT2D eigenvalue weighted by Crippen LogP contribution is -2.34. The first-order valence-electron chi connectivity index (χ1n) is 7.96. The van der Waals surface area contributed by atoms with Crippen LogP contribution in [-0.4, -0.2) is 25.3 Å². The fraction of sp³-hybridized carbons (Fsp3) is 0.278. The molecule has 0 unspecified atom stereocenters. The first kappa shape index (κ1) is 17.6. The lowest BCUT2D eigenvalue weighted by atomic mass is 10.0. The maximum absolute atomic E-state index is 14.3. The predicted octanol–water partition coefficient (Wildman–Crippen LogP) is 4.59. The van der Waals surface area contributed by atoms with E-state index in [0.717, 1.165) is 19.2 Å². The van der Waals surface area contributed by atoms with Crippen LogP contribution in [0.5, 0.6) is 0 Å². The van der Waals surface area contributed by atoms with E-state index in [4.69, 9.17) is 16.3 Å². The van der Waals surface area contributed by atoms with Crippen molar-refractivity contribution in [3.05, 3.63) is 53.1 Å². The average molecular weight is 367 g/mol. The van der Waals surface area contributed by atoms with E-state index in [2.05, 4.69) is 10.6 Å². The zero-order chi connectivity index (χ0) is 17.8. The summed E-state index contributed by atoms with van der Waals surface area (Å²) in [4.78, 5) is 12.1. The van der Waals surface area contributed by atoms with Gasteiger partial charge in [-0.1, -0.05) is 23.7 Å². The monoisotopic (exact) mass is 366 g/mol. The van der Waals surface area contributed by atoms with Gasteiger partial charge in [0.25, 0.3) is 0 Å². The van der Waals surface area contributed by atoms with Crippen LogP contribution < -0.4 is 10.6 Å². The molecule has 2 aromatic rings. The highest BCUT2D eigenvalue weighted by atomic mass is 35.5. The van der Waals surface area contributed by atoms with E-state index < -0.39 is 17.7 Å². The average Bonchev–Trinajstić information content (AvgIpc) is 2.58. The normalized spacial score (nSPS) is 15.0. The van der Waals surface area contributed by atoms with Gasteiger partial charge in [0.05, 0.1) is 5.69 Å². The summed E-state index contributed by atoms with van der Waals surface area (Å²) in [6, 6.07) is 8.41. The molecule has 0 bridgehead atoms. The van der Waals surface area contributed by atoms with Gasteiger partial charge in [-0.3, -0.25) is 5.32 Å². The summed E-state index contributed by atoms with van der Waals surface area (Å²) in [6.07, 6.45) is 0.404. The molecule has 0 aliphatic carbocycles. The molecule has 3 rings (SSSR count). The Morgan fingerprint density at radius 2 is 1.96 bits per heavy atom. The maximum atomic E-state index is 14.3. The number of carbonyl (C=O) groups excluding carboxylic acids is 1. The summed E-state index contributed by atoms with van der Waals surface area (Å²) in [5, 5.41) is 5.99. The third kappa shape index (κ3) is 4.46. The van der Waals surface area contributed by atoms with Crippen molar-refractivity contribution in [3.8, 4) is 11.1 Å². The fourth-order valence-corrected chi connectivity index (χ4v) is 2.97. The Kier molecular flexibility index (Phi) is 5.50. The number of hydrogen-bond donors (Lipinski definition) is 2. The standard InChI is InChI=1S/C18H17ClF2N2O2/c19-12-3-1-2-11(8-12)15-9-13(20)10-16(21)17(15)23-18(24)25-14-4-6-22-7-5-14/h1-3,8-10,14,22H,4-7H2,(H,23,24). The summed E-state index contributed by atoms with van der Waals surface area (Å²) < 4.78 is 33.3. The van der Waals surface area contributed by atoms with Gasteiger partial charge in [-0.05, 0) is 49.7 Å². The second-order valence-electron chi connectivity index (χ2n) is 5.80. The lowest BCUT2D eigenvalue weighted by Gasteiger charge is -2.23. The Bertz CT molecular complexity index is 780. The van der Waals surface area contributed by atoms with Crippen molar-refractivity contribution in [3.63, 3.8) is 0 Å². The minimum absolute atomic E-state index is 0.136. The largest absolute Gasteiger partial charge is 0.446 e. The molecule has 4 nitrogen and oxygen atoms in total. The molecule has 0 radical (unpaired) electrons. The number of amides is 1. The smallest absolute Gasteiger partial charge is 0.412 e. The molecular weight excluding hydrogens is 350 g/mol.